The van der Waals surface area contributed by atoms with E-state index in [2.05, 4.69) is 25.7 Å². The molecule has 11 nitrogen and oxygen atoms in total. The molecule has 0 saturated heterocycles. The van der Waals surface area contributed by atoms with Crippen molar-refractivity contribution in [1.29, 1.82) is 0 Å². The summed E-state index contributed by atoms with van der Waals surface area (Å²) in [6.07, 6.45) is 5.85. The number of rotatable bonds is 9. The topological polar surface area (TPSA) is 145 Å². The average Bonchev–Trinajstić information content (AvgIpc) is 3.69. The number of ketones is 1. The van der Waals surface area contributed by atoms with Crippen LogP contribution in [-0.4, -0.2) is 48.7 Å². The van der Waals surface area contributed by atoms with Crippen molar-refractivity contribution >= 4 is 40.8 Å². The van der Waals surface area contributed by atoms with Crippen LogP contribution in [0.3, 0.4) is 0 Å². The van der Waals surface area contributed by atoms with Gasteiger partial charge in [-0.2, -0.15) is 5.10 Å². The minimum atomic E-state index is -0.630. The minimum absolute atomic E-state index is 0.0227. The first kappa shape index (κ1) is 33.5. The molecular formula is C37H35ClN6O5. The van der Waals surface area contributed by atoms with E-state index in [0.29, 0.717) is 29.0 Å². The molecule has 12 heteroatoms. The van der Waals surface area contributed by atoms with Gasteiger partial charge in [-0.25, -0.2) is 14.3 Å². The lowest BCUT2D eigenvalue weighted by Gasteiger charge is -2.21. The molecule has 0 radical (unpaired) electrons. The van der Waals surface area contributed by atoms with E-state index in [9.17, 15) is 19.2 Å². The fraction of sp³-hybridized carbons (Fsp3) is 0.270. The van der Waals surface area contributed by atoms with Crippen LogP contribution in [0.4, 0.5) is 0 Å². The highest BCUT2D eigenvalue weighted by Gasteiger charge is 2.30. The van der Waals surface area contributed by atoms with E-state index in [4.69, 9.17) is 16.3 Å². The largest absolute Gasteiger partial charge is 0.456 e. The fourth-order valence-electron chi connectivity index (χ4n) is 5.94. The number of amides is 2. The Hall–Kier alpha value is -5.42. The van der Waals surface area contributed by atoms with Crippen LogP contribution < -0.4 is 10.6 Å². The number of nitrogens with zero attached hydrogens (tertiary/aromatic N) is 4. The van der Waals surface area contributed by atoms with Gasteiger partial charge in [-0.1, -0.05) is 41.9 Å². The Morgan fingerprint density at radius 3 is 2.53 bits per heavy atom. The number of fused-ring (bicyclic) bond motifs is 2. The van der Waals surface area contributed by atoms with Gasteiger partial charge >= 0.3 is 5.97 Å². The van der Waals surface area contributed by atoms with Gasteiger partial charge in [-0.15, -0.1) is 0 Å². The third kappa shape index (κ3) is 7.22. The van der Waals surface area contributed by atoms with Crippen LogP contribution in [0.5, 0.6) is 0 Å². The number of benzene rings is 2. The van der Waals surface area contributed by atoms with Crippen molar-refractivity contribution in [2.24, 2.45) is 0 Å². The van der Waals surface area contributed by atoms with Crippen molar-refractivity contribution in [3.8, 4) is 0 Å². The number of ether oxygens (including phenoxy) is 1. The molecule has 2 N–H and O–H groups in total. The molecule has 49 heavy (non-hydrogen) atoms. The van der Waals surface area contributed by atoms with Gasteiger partial charge in [-0.05, 0) is 86.6 Å². The van der Waals surface area contributed by atoms with Crippen LogP contribution in [0, 0.1) is 6.92 Å². The zero-order chi connectivity index (χ0) is 34.9. The molecule has 0 spiro atoms. The summed E-state index contributed by atoms with van der Waals surface area (Å²) in [6.45, 7) is 7.53. The standard InChI is InChI=1S/C37H35ClN6O5/c1-21-24-13-14-29(26(24)12-11-25(21)36(48)49-37(2,3)4)43-35(47)31-17-30(34(46)40-19-22-8-7-15-39-18-22)42-33-27(20-41-44(31)33)32(45)16-23-9-5-6-10-28(23)38/h5-12,15,17-18,20,29H,13-14,16,19H2,1-4H3,(H,40,46)(H,43,47)/t29-/m0/s1. The highest BCUT2D eigenvalue weighted by Crippen LogP contribution is 2.35. The van der Waals surface area contributed by atoms with Crippen LogP contribution in [0.1, 0.15) is 103 Å². The maximum absolute atomic E-state index is 14.0. The van der Waals surface area contributed by atoms with E-state index >= 15 is 0 Å². The number of hydrogen-bond acceptors (Lipinski definition) is 8. The quantitative estimate of drug-likeness (QED) is 0.147. The van der Waals surface area contributed by atoms with E-state index in [1.165, 1.54) is 16.8 Å². The van der Waals surface area contributed by atoms with Gasteiger partial charge < -0.3 is 15.4 Å². The normalized spacial score (nSPS) is 13.9. The number of pyridine rings is 1. The Balaban J connectivity index is 1.32. The van der Waals surface area contributed by atoms with Gasteiger partial charge in [0.05, 0.1) is 23.4 Å². The van der Waals surface area contributed by atoms with Crippen molar-refractivity contribution < 1.29 is 23.9 Å². The summed E-state index contributed by atoms with van der Waals surface area (Å²) in [5.74, 6) is -1.76. The SMILES string of the molecule is Cc1c(C(=O)OC(C)(C)C)ccc2c1CC[C@@H]2NC(=O)c1cc(C(=O)NCc2cccnc2)nc2c(C(=O)Cc3ccccc3Cl)cnn12. The third-order valence-corrected chi connectivity index (χ3v) is 8.71. The molecule has 0 fully saturated rings. The Labute approximate surface area is 288 Å². The van der Waals surface area contributed by atoms with Gasteiger partial charge in [-0.3, -0.25) is 19.4 Å². The lowest BCUT2D eigenvalue weighted by Crippen LogP contribution is -2.31. The van der Waals surface area contributed by atoms with Crippen molar-refractivity contribution in [2.75, 3.05) is 0 Å². The molecule has 3 aromatic heterocycles. The first-order valence-corrected chi connectivity index (χ1v) is 16.3. The Morgan fingerprint density at radius 1 is 1.00 bits per heavy atom. The summed E-state index contributed by atoms with van der Waals surface area (Å²) in [6, 6.07) is 15.2. The van der Waals surface area contributed by atoms with E-state index in [1.54, 1.807) is 48.8 Å². The first-order valence-electron chi connectivity index (χ1n) is 15.9. The number of halogens is 1. The summed E-state index contributed by atoms with van der Waals surface area (Å²) in [5, 5.41) is 10.7. The molecule has 0 unspecified atom stereocenters. The van der Waals surface area contributed by atoms with Gasteiger partial charge in [0.25, 0.3) is 11.8 Å². The Bertz CT molecular complexity index is 2100. The number of esters is 1. The maximum Gasteiger partial charge on any atom is 0.338 e. The maximum atomic E-state index is 14.0. The summed E-state index contributed by atoms with van der Waals surface area (Å²) >= 11 is 6.32. The molecule has 0 aliphatic heterocycles. The second-order valence-electron chi connectivity index (χ2n) is 12.9. The molecule has 5 aromatic rings. The van der Waals surface area contributed by atoms with Crippen LogP contribution in [0.15, 0.2) is 73.2 Å². The van der Waals surface area contributed by atoms with Crippen LogP contribution in [-0.2, 0) is 24.1 Å². The monoisotopic (exact) mass is 678 g/mol. The Morgan fingerprint density at radius 2 is 1.80 bits per heavy atom. The van der Waals surface area contributed by atoms with Crippen LogP contribution >= 0.6 is 11.6 Å². The second-order valence-corrected chi connectivity index (χ2v) is 13.3. The van der Waals surface area contributed by atoms with Gasteiger partial charge in [0, 0.05) is 36.4 Å². The number of aromatic nitrogens is 4. The third-order valence-electron chi connectivity index (χ3n) is 8.34. The molecule has 0 bridgehead atoms. The summed E-state index contributed by atoms with van der Waals surface area (Å²) in [5.41, 5.74) is 4.15. The number of carbonyl (C=O) groups is 4. The molecule has 2 aromatic carbocycles. The Kier molecular flexibility index (Phi) is 9.29. The number of Topliss-reactive ketones (excluding diaryl/α,β-unsaturated/α-hetero) is 1. The number of nitrogens with one attached hydrogen (secondary N) is 2. The molecule has 3 heterocycles. The summed E-state index contributed by atoms with van der Waals surface area (Å²) < 4.78 is 6.87. The lowest BCUT2D eigenvalue weighted by atomic mass is 9.97. The molecule has 1 aliphatic carbocycles. The van der Waals surface area contributed by atoms with Crippen molar-refractivity contribution in [1.82, 2.24) is 30.2 Å². The predicted octanol–water partition coefficient (Wildman–Crippen LogP) is 5.81. The van der Waals surface area contributed by atoms with Gasteiger partial charge in [0.2, 0.25) is 0 Å². The molecule has 1 atom stereocenters. The molecule has 250 valence electrons. The smallest absolute Gasteiger partial charge is 0.338 e. The van der Waals surface area contributed by atoms with Crippen molar-refractivity contribution in [3.05, 3.63) is 129 Å². The van der Waals surface area contributed by atoms with Gasteiger partial charge in [0.15, 0.2) is 11.4 Å². The lowest BCUT2D eigenvalue weighted by molar-refractivity contribution is 0.00682. The van der Waals surface area contributed by atoms with E-state index in [-0.39, 0.29) is 47.4 Å². The number of carbonyl (C=O) groups excluding carboxylic acids is 4. The van der Waals surface area contributed by atoms with E-state index in [0.717, 1.165) is 22.3 Å². The molecule has 6 rings (SSSR count). The molecule has 1 aliphatic rings. The molecule has 2 amide bonds. The molecule has 0 saturated carbocycles. The zero-order valence-electron chi connectivity index (χ0n) is 27.5. The fourth-order valence-corrected chi connectivity index (χ4v) is 6.14. The highest BCUT2D eigenvalue weighted by molar-refractivity contribution is 6.31. The minimum Gasteiger partial charge on any atom is -0.456 e. The van der Waals surface area contributed by atoms with Crippen molar-refractivity contribution in [3.63, 3.8) is 0 Å². The summed E-state index contributed by atoms with van der Waals surface area (Å²) in [4.78, 5) is 62.3. The van der Waals surface area contributed by atoms with E-state index in [1.807, 2.05) is 39.8 Å². The average molecular weight is 679 g/mol. The number of hydrogen-bond donors (Lipinski definition) is 2. The van der Waals surface area contributed by atoms with Crippen molar-refractivity contribution in [2.45, 2.75) is 65.1 Å². The second kappa shape index (κ2) is 13.6. The van der Waals surface area contributed by atoms with Crippen LogP contribution in [0.25, 0.3) is 5.65 Å². The summed E-state index contributed by atoms with van der Waals surface area (Å²) in [7, 11) is 0. The zero-order valence-corrected chi connectivity index (χ0v) is 28.3. The molecular weight excluding hydrogens is 644 g/mol. The van der Waals surface area contributed by atoms with Gasteiger partial charge in [0.1, 0.15) is 17.0 Å². The first-order chi connectivity index (χ1) is 23.4. The van der Waals surface area contributed by atoms with Crippen LogP contribution in [0.2, 0.25) is 5.02 Å². The highest BCUT2D eigenvalue weighted by atomic mass is 35.5. The predicted molar refractivity (Wildman–Crippen MR) is 183 cm³/mol. The van der Waals surface area contributed by atoms with E-state index < -0.39 is 23.4 Å².